The summed E-state index contributed by atoms with van der Waals surface area (Å²) in [6.07, 6.45) is 1.26. The van der Waals surface area contributed by atoms with Gasteiger partial charge in [-0.1, -0.05) is 0 Å². The smallest absolute Gasteiger partial charge is 0.220 e. The lowest BCUT2D eigenvalue weighted by Gasteiger charge is -2.30. The molecule has 5 nitrogen and oxygen atoms in total. The van der Waals surface area contributed by atoms with Gasteiger partial charge in [0.15, 0.2) is 0 Å². The van der Waals surface area contributed by atoms with E-state index in [0.717, 1.165) is 23.4 Å². The predicted octanol–water partition coefficient (Wildman–Crippen LogP) is 0.315. The van der Waals surface area contributed by atoms with Crippen molar-refractivity contribution in [3.8, 4) is 0 Å². The molecular weight excluding hydrogens is 204 g/mol. The van der Waals surface area contributed by atoms with Crippen LogP contribution in [0.25, 0.3) is 0 Å². The molecule has 2 atom stereocenters. The van der Waals surface area contributed by atoms with E-state index in [1.54, 1.807) is 0 Å². The van der Waals surface area contributed by atoms with E-state index in [9.17, 15) is 4.79 Å². The molecule has 0 aromatic carbocycles. The highest BCUT2D eigenvalue weighted by molar-refractivity contribution is 5.77. The lowest BCUT2D eigenvalue weighted by molar-refractivity contribution is -0.123. The summed E-state index contributed by atoms with van der Waals surface area (Å²) in [7, 11) is 1.90. The van der Waals surface area contributed by atoms with E-state index < -0.39 is 0 Å². The van der Waals surface area contributed by atoms with Crippen molar-refractivity contribution in [3.05, 3.63) is 17.0 Å². The van der Waals surface area contributed by atoms with Crippen LogP contribution in [0.3, 0.4) is 0 Å². The molecule has 0 radical (unpaired) electrons. The SMILES string of the molecule is Cc1nn(C)c(C)c1C1NC(=O)CCC1N. The molecule has 3 N–H and O–H groups in total. The second-order valence-electron chi connectivity index (χ2n) is 4.46. The maximum absolute atomic E-state index is 11.4. The van der Waals surface area contributed by atoms with Crippen LogP contribution >= 0.6 is 0 Å². The van der Waals surface area contributed by atoms with Crippen LogP contribution in [0.4, 0.5) is 0 Å². The van der Waals surface area contributed by atoms with Gasteiger partial charge < -0.3 is 11.1 Å². The number of aryl methyl sites for hydroxylation is 2. The third-order valence-electron chi connectivity index (χ3n) is 3.33. The van der Waals surface area contributed by atoms with E-state index in [1.165, 1.54) is 0 Å². The topological polar surface area (TPSA) is 72.9 Å². The highest BCUT2D eigenvalue weighted by Crippen LogP contribution is 2.27. The lowest BCUT2D eigenvalue weighted by atomic mass is 9.91. The maximum Gasteiger partial charge on any atom is 0.220 e. The van der Waals surface area contributed by atoms with Gasteiger partial charge in [0.25, 0.3) is 0 Å². The van der Waals surface area contributed by atoms with E-state index in [1.807, 2.05) is 25.6 Å². The first-order chi connectivity index (χ1) is 7.50. The second kappa shape index (κ2) is 3.90. The molecule has 2 unspecified atom stereocenters. The van der Waals surface area contributed by atoms with Crippen molar-refractivity contribution in [1.29, 1.82) is 0 Å². The Balaban J connectivity index is 2.38. The summed E-state index contributed by atoms with van der Waals surface area (Å²) in [4.78, 5) is 11.4. The Morgan fingerprint density at radius 2 is 2.19 bits per heavy atom. The first-order valence-electron chi connectivity index (χ1n) is 5.55. The van der Waals surface area contributed by atoms with E-state index in [-0.39, 0.29) is 18.0 Å². The van der Waals surface area contributed by atoms with E-state index in [4.69, 9.17) is 5.73 Å². The average Bonchev–Trinajstić information content (AvgIpc) is 2.46. The van der Waals surface area contributed by atoms with E-state index in [0.29, 0.717) is 6.42 Å². The molecule has 0 spiro atoms. The number of nitrogens with one attached hydrogen (secondary N) is 1. The molecule has 1 aliphatic heterocycles. The van der Waals surface area contributed by atoms with Crippen LogP contribution in [0.1, 0.15) is 35.8 Å². The normalized spacial score (nSPS) is 25.6. The minimum atomic E-state index is -0.0880. The van der Waals surface area contributed by atoms with E-state index >= 15 is 0 Å². The minimum absolute atomic E-state index is 0.0145. The molecule has 1 aromatic heterocycles. The highest BCUT2D eigenvalue weighted by atomic mass is 16.1. The lowest BCUT2D eigenvalue weighted by Crippen LogP contribution is -2.46. The summed E-state index contributed by atoms with van der Waals surface area (Å²) >= 11 is 0. The number of piperidine rings is 1. The van der Waals surface area contributed by atoms with Crippen molar-refractivity contribution < 1.29 is 4.79 Å². The Hall–Kier alpha value is -1.36. The number of amides is 1. The molecule has 0 saturated carbocycles. The Morgan fingerprint density at radius 3 is 2.75 bits per heavy atom. The fourth-order valence-electron chi connectivity index (χ4n) is 2.34. The molecule has 0 bridgehead atoms. The zero-order valence-corrected chi connectivity index (χ0v) is 9.95. The van der Waals surface area contributed by atoms with Crippen molar-refractivity contribution in [3.63, 3.8) is 0 Å². The Kier molecular flexibility index (Phi) is 2.71. The van der Waals surface area contributed by atoms with Crippen LogP contribution in [0.15, 0.2) is 0 Å². The van der Waals surface area contributed by atoms with Gasteiger partial charge in [-0.2, -0.15) is 5.10 Å². The van der Waals surface area contributed by atoms with Gasteiger partial charge in [-0.05, 0) is 20.3 Å². The van der Waals surface area contributed by atoms with Crippen molar-refractivity contribution in [2.24, 2.45) is 12.8 Å². The average molecular weight is 222 g/mol. The Bertz CT molecular complexity index is 424. The van der Waals surface area contributed by atoms with Crippen LogP contribution in [-0.4, -0.2) is 21.7 Å². The number of carbonyl (C=O) groups excluding carboxylic acids is 1. The zero-order valence-electron chi connectivity index (χ0n) is 9.95. The summed E-state index contributed by atoms with van der Waals surface area (Å²) in [5, 5.41) is 7.32. The molecular formula is C11H18N4O. The third kappa shape index (κ3) is 1.71. The molecule has 16 heavy (non-hydrogen) atoms. The molecule has 1 fully saturated rings. The monoisotopic (exact) mass is 222 g/mol. The number of hydrogen-bond donors (Lipinski definition) is 2. The van der Waals surface area contributed by atoms with Crippen molar-refractivity contribution >= 4 is 5.91 Å². The van der Waals surface area contributed by atoms with Gasteiger partial charge in [0.05, 0.1) is 11.7 Å². The molecule has 1 amide bonds. The number of nitrogens with two attached hydrogens (primary N) is 1. The number of hydrogen-bond acceptors (Lipinski definition) is 3. The zero-order chi connectivity index (χ0) is 11.9. The largest absolute Gasteiger partial charge is 0.348 e. The van der Waals surface area contributed by atoms with Crippen LogP contribution in [0.5, 0.6) is 0 Å². The van der Waals surface area contributed by atoms with Gasteiger partial charge in [0.2, 0.25) is 5.91 Å². The summed E-state index contributed by atoms with van der Waals surface area (Å²) in [6.45, 7) is 3.96. The number of rotatable bonds is 1. The van der Waals surface area contributed by atoms with Crippen LogP contribution in [0, 0.1) is 13.8 Å². The molecule has 1 saturated heterocycles. The summed E-state index contributed by atoms with van der Waals surface area (Å²) in [5.41, 5.74) is 9.16. The maximum atomic E-state index is 11.4. The van der Waals surface area contributed by atoms with Crippen molar-refractivity contribution in [2.45, 2.75) is 38.8 Å². The molecule has 2 rings (SSSR count). The Labute approximate surface area is 95.0 Å². The standard InChI is InChI=1S/C11H18N4O/c1-6-10(7(2)15(3)14-6)11-8(12)4-5-9(16)13-11/h8,11H,4-5,12H2,1-3H3,(H,13,16). The van der Waals surface area contributed by atoms with Gasteiger partial charge in [-0.3, -0.25) is 9.48 Å². The summed E-state index contributed by atoms with van der Waals surface area (Å²) < 4.78 is 1.83. The van der Waals surface area contributed by atoms with Gasteiger partial charge in [-0.25, -0.2) is 0 Å². The molecule has 1 aliphatic rings. The number of nitrogens with zero attached hydrogens (tertiary/aromatic N) is 2. The van der Waals surface area contributed by atoms with Gasteiger partial charge in [0.1, 0.15) is 0 Å². The first-order valence-corrected chi connectivity index (χ1v) is 5.55. The Morgan fingerprint density at radius 1 is 1.50 bits per heavy atom. The van der Waals surface area contributed by atoms with Gasteiger partial charge in [-0.15, -0.1) is 0 Å². The third-order valence-corrected chi connectivity index (χ3v) is 3.33. The van der Waals surface area contributed by atoms with E-state index in [2.05, 4.69) is 10.4 Å². The molecule has 2 heterocycles. The molecule has 5 heteroatoms. The second-order valence-corrected chi connectivity index (χ2v) is 4.46. The van der Waals surface area contributed by atoms with Crippen molar-refractivity contribution in [2.75, 3.05) is 0 Å². The number of aromatic nitrogens is 2. The van der Waals surface area contributed by atoms with Crippen LogP contribution < -0.4 is 11.1 Å². The fourth-order valence-corrected chi connectivity index (χ4v) is 2.34. The quantitative estimate of drug-likeness (QED) is 0.718. The summed E-state index contributed by atoms with van der Waals surface area (Å²) in [6, 6.07) is -0.103. The molecule has 1 aromatic rings. The first kappa shape index (κ1) is 11.1. The van der Waals surface area contributed by atoms with Crippen molar-refractivity contribution in [1.82, 2.24) is 15.1 Å². The van der Waals surface area contributed by atoms with Crippen LogP contribution in [-0.2, 0) is 11.8 Å². The number of carbonyl (C=O) groups is 1. The summed E-state index contributed by atoms with van der Waals surface area (Å²) in [5.74, 6) is 0.0781. The minimum Gasteiger partial charge on any atom is -0.348 e. The fraction of sp³-hybridized carbons (Fsp3) is 0.636. The molecule has 88 valence electrons. The highest BCUT2D eigenvalue weighted by Gasteiger charge is 2.30. The van der Waals surface area contributed by atoms with Gasteiger partial charge >= 0.3 is 0 Å². The van der Waals surface area contributed by atoms with Gasteiger partial charge in [0, 0.05) is 30.8 Å². The molecule has 0 aliphatic carbocycles. The van der Waals surface area contributed by atoms with Crippen LogP contribution in [0.2, 0.25) is 0 Å². The predicted molar refractivity (Wildman–Crippen MR) is 60.8 cm³/mol.